The summed E-state index contributed by atoms with van der Waals surface area (Å²) in [5.41, 5.74) is 5.88. The van der Waals surface area contributed by atoms with Crippen LogP contribution in [0, 0.1) is 0 Å². The van der Waals surface area contributed by atoms with Crippen LogP contribution in [0.5, 0.6) is 0 Å². The Balaban J connectivity index is 1.69. The van der Waals surface area contributed by atoms with E-state index in [4.69, 9.17) is 5.73 Å². The summed E-state index contributed by atoms with van der Waals surface area (Å²) in [4.78, 5) is 30.2. The summed E-state index contributed by atoms with van der Waals surface area (Å²) in [7, 11) is 0. The number of nitrogens with zero attached hydrogens (tertiary/aromatic N) is 2. The maximum Gasteiger partial charge on any atom is 0.267 e. The van der Waals surface area contributed by atoms with Gasteiger partial charge >= 0.3 is 0 Å². The molecule has 114 valence electrons. The minimum Gasteiger partial charge on any atom is -0.382 e. The van der Waals surface area contributed by atoms with Gasteiger partial charge in [-0.25, -0.2) is 4.98 Å². The highest BCUT2D eigenvalue weighted by molar-refractivity contribution is 7.18. The van der Waals surface area contributed by atoms with Crippen molar-refractivity contribution in [3.8, 4) is 0 Å². The Morgan fingerprint density at radius 3 is 2.95 bits per heavy atom. The van der Waals surface area contributed by atoms with E-state index in [9.17, 15) is 9.59 Å². The molecule has 2 aliphatic rings. The zero-order valence-corrected chi connectivity index (χ0v) is 12.5. The number of rotatable bonds is 3. The Kier molecular flexibility index (Phi) is 3.96. The number of aromatic nitrogens is 1. The van der Waals surface area contributed by atoms with Crippen LogP contribution in [0.1, 0.15) is 35.4 Å². The normalized spacial score (nSPS) is 19.6. The van der Waals surface area contributed by atoms with E-state index in [1.54, 1.807) is 4.90 Å². The van der Waals surface area contributed by atoms with Crippen molar-refractivity contribution in [3.05, 3.63) is 4.88 Å². The average Bonchev–Trinajstić information content (AvgIpc) is 2.63. The van der Waals surface area contributed by atoms with Crippen LogP contribution < -0.4 is 16.4 Å². The molecule has 1 aliphatic carbocycles. The molecular formula is C13H19N5O2S. The fourth-order valence-corrected chi connectivity index (χ4v) is 3.32. The molecule has 1 saturated heterocycles. The minimum atomic E-state index is -0.136. The Morgan fingerprint density at radius 1 is 1.43 bits per heavy atom. The fraction of sp³-hybridized carbons (Fsp3) is 0.615. The summed E-state index contributed by atoms with van der Waals surface area (Å²) in [6.45, 7) is 1.41. The van der Waals surface area contributed by atoms with Crippen LogP contribution in [0.4, 0.5) is 10.9 Å². The molecule has 1 aromatic heterocycles. The summed E-state index contributed by atoms with van der Waals surface area (Å²) >= 11 is 1.30. The average molecular weight is 309 g/mol. The predicted octanol–water partition coefficient (Wildman–Crippen LogP) is 0.652. The summed E-state index contributed by atoms with van der Waals surface area (Å²) in [6.07, 6.45) is 3.85. The molecular weight excluding hydrogens is 290 g/mol. The Labute approximate surface area is 126 Å². The van der Waals surface area contributed by atoms with Gasteiger partial charge in [0.25, 0.3) is 5.91 Å². The first-order valence-corrected chi connectivity index (χ1v) is 8.04. The highest BCUT2D eigenvalue weighted by Crippen LogP contribution is 2.30. The topological polar surface area (TPSA) is 100 Å². The van der Waals surface area contributed by atoms with Crippen LogP contribution in [0.3, 0.4) is 0 Å². The zero-order valence-electron chi connectivity index (χ0n) is 11.7. The summed E-state index contributed by atoms with van der Waals surface area (Å²) < 4.78 is 0. The fourth-order valence-electron chi connectivity index (χ4n) is 2.39. The van der Waals surface area contributed by atoms with Crippen molar-refractivity contribution in [3.63, 3.8) is 0 Å². The number of nitrogens with two attached hydrogens (primary N) is 1. The number of thiazole rings is 1. The van der Waals surface area contributed by atoms with E-state index in [-0.39, 0.29) is 17.6 Å². The number of hydrogen-bond acceptors (Lipinski definition) is 6. The van der Waals surface area contributed by atoms with E-state index < -0.39 is 0 Å². The van der Waals surface area contributed by atoms with Crippen molar-refractivity contribution >= 4 is 34.1 Å². The van der Waals surface area contributed by atoms with Crippen molar-refractivity contribution in [2.75, 3.05) is 30.7 Å². The van der Waals surface area contributed by atoms with Crippen LogP contribution in [0.2, 0.25) is 0 Å². The predicted molar refractivity (Wildman–Crippen MR) is 81.3 cm³/mol. The van der Waals surface area contributed by atoms with E-state index in [0.29, 0.717) is 42.1 Å². The first kappa shape index (κ1) is 14.1. The molecule has 1 saturated carbocycles. The standard InChI is InChI=1S/C13H19N5O2S/c14-11-10(21-13(17-11)16-8-2-1-3-8)12(20)18-6-4-9(19)15-5-7-18/h8H,1-7,14H2,(H,15,19)(H,16,17). The van der Waals surface area contributed by atoms with Gasteiger partial charge in [-0.2, -0.15) is 0 Å². The molecule has 0 unspecified atom stereocenters. The molecule has 0 bridgehead atoms. The van der Waals surface area contributed by atoms with Crippen molar-refractivity contribution in [1.29, 1.82) is 0 Å². The second-order valence-corrected chi connectivity index (χ2v) is 6.40. The summed E-state index contributed by atoms with van der Waals surface area (Å²) in [5.74, 6) is 0.119. The van der Waals surface area contributed by atoms with Crippen LogP contribution in [0.25, 0.3) is 0 Å². The van der Waals surface area contributed by atoms with E-state index >= 15 is 0 Å². The molecule has 1 aliphatic heterocycles. The van der Waals surface area contributed by atoms with Gasteiger partial charge in [-0.15, -0.1) is 0 Å². The molecule has 8 heteroatoms. The molecule has 0 radical (unpaired) electrons. The SMILES string of the molecule is Nc1nc(NC2CCC2)sc1C(=O)N1CCNC(=O)CC1. The second kappa shape index (κ2) is 5.88. The van der Waals surface area contributed by atoms with E-state index in [1.165, 1.54) is 17.8 Å². The molecule has 0 spiro atoms. The molecule has 1 aromatic rings. The number of hydrogen-bond donors (Lipinski definition) is 3. The lowest BCUT2D eigenvalue weighted by Crippen LogP contribution is -2.34. The third-order valence-corrected chi connectivity index (χ3v) is 4.87. The number of carbonyl (C=O) groups excluding carboxylic acids is 2. The number of carbonyl (C=O) groups is 2. The van der Waals surface area contributed by atoms with Gasteiger partial charge in [-0.05, 0) is 19.3 Å². The quantitative estimate of drug-likeness (QED) is 0.761. The van der Waals surface area contributed by atoms with Gasteiger partial charge in [0.15, 0.2) is 5.13 Å². The highest BCUT2D eigenvalue weighted by Gasteiger charge is 2.25. The lowest BCUT2D eigenvalue weighted by Gasteiger charge is -2.25. The van der Waals surface area contributed by atoms with Gasteiger partial charge < -0.3 is 21.3 Å². The molecule has 0 aromatic carbocycles. The van der Waals surface area contributed by atoms with E-state index in [0.717, 1.165) is 12.8 Å². The van der Waals surface area contributed by atoms with E-state index in [2.05, 4.69) is 15.6 Å². The van der Waals surface area contributed by atoms with Gasteiger partial charge in [0.2, 0.25) is 5.91 Å². The third kappa shape index (κ3) is 3.10. The van der Waals surface area contributed by atoms with Crippen LogP contribution in [-0.2, 0) is 4.79 Å². The second-order valence-electron chi connectivity index (χ2n) is 5.40. The van der Waals surface area contributed by atoms with Gasteiger partial charge in [0.05, 0.1) is 0 Å². The molecule has 4 N–H and O–H groups in total. The monoisotopic (exact) mass is 309 g/mol. The number of nitrogen functional groups attached to an aromatic ring is 1. The van der Waals surface area contributed by atoms with Gasteiger partial charge in [0, 0.05) is 32.1 Å². The molecule has 3 rings (SSSR count). The molecule has 2 fully saturated rings. The zero-order chi connectivity index (χ0) is 14.8. The van der Waals surface area contributed by atoms with E-state index in [1.807, 2.05) is 0 Å². The Bertz CT molecular complexity index is 555. The van der Waals surface area contributed by atoms with Gasteiger partial charge in [-0.3, -0.25) is 9.59 Å². The molecule has 2 heterocycles. The number of anilines is 2. The van der Waals surface area contributed by atoms with Gasteiger partial charge in [-0.1, -0.05) is 11.3 Å². The third-order valence-electron chi connectivity index (χ3n) is 3.88. The number of nitrogens with one attached hydrogen (secondary N) is 2. The van der Waals surface area contributed by atoms with Crippen molar-refractivity contribution < 1.29 is 9.59 Å². The Hall–Kier alpha value is -1.83. The molecule has 0 atom stereocenters. The lowest BCUT2D eigenvalue weighted by molar-refractivity contribution is -0.120. The molecule has 7 nitrogen and oxygen atoms in total. The lowest BCUT2D eigenvalue weighted by atomic mass is 9.93. The van der Waals surface area contributed by atoms with Crippen LogP contribution >= 0.6 is 11.3 Å². The van der Waals surface area contributed by atoms with Crippen LogP contribution in [-0.4, -0.2) is 47.4 Å². The minimum absolute atomic E-state index is 0.0186. The summed E-state index contributed by atoms with van der Waals surface area (Å²) in [5, 5.41) is 6.77. The highest BCUT2D eigenvalue weighted by atomic mass is 32.1. The van der Waals surface area contributed by atoms with Crippen molar-refractivity contribution in [2.45, 2.75) is 31.7 Å². The van der Waals surface area contributed by atoms with Gasteiger partial charge in [0.1, 0.15) is 10.7 Å². The smallest absolute Gasteiger partial charge is 0.267 e. The number of amides is 2. The maximum absolute atomic E-state index is 12.5. The summed E-state index contributed by atoms with van der Waals surface area (Å²) in [6, 6.07) is 0.457. The first-order valence-electron chi connectivity index (χ1n) is 7.22. The molecule has 2 amide bonds. The van der Waals surface area contributed by atoms with Crippen LogP contribution in [0.15, 0.2) is 0 Å². The molecule has 21 heavy (non-hydrogen) atoms. The van der Waals surface area contributed by atoms with Crippen molar-refractivity contribution in [2.24, 2.45) is 0 Å². The Morgan fingerprint density at radius 2 is 2.24 bits per heavy atom. The first-order chi connectivity index (χ1) is 10.1. The maximum atomic E-state index is 12.5. The largest absolute Gasteiger partial charge is 0.382 e. The van der Waals surface area contributed by atoms with Crippen molar-refractivity contribution in [1.82, 2.24) is 15.2 Å².